The Labute approximate surface area is 227 Å². The van der Waals surface area contributed by atoms with E-state index in [0.717, 1.165) is 64.9 Å². The number of hydrogen-bond donors (Lipinski definition) is 1. The summed E-state index contributed by atoms with van der Waals surface area (Å²) in [7, 11) is 1.90. The Morgan fingerprint density at radius 2 is 1.84 bits per heavy atom. The van der Waals surface area contributed by atoms with Crippen molar-refractivity contribution in [1.29, 1.82) is 0 Å². The first-order valence-electron chi connectivity index (χ1n) is 13.1. The molecule has 1 aliphatic heterocycles. The minimum Gasteiger partial charge on any atom is -0.386 e. The van der Waals surface area contributed by atoms with Gasteiger partial charge in [0.15, 0.2) is 0 Å². The molecule has 1 fully saturated rings. The molecule has 1 N–H and O–H groups in total. The summed E-state index contributed by atoms with van der Waals surface area (Å²) in [6.07, 6.45) is 3.78. The maximum Gasteiger partial charge on any atom is 0.0960 e. The SMILES string of the molecule is Cc1nnn(C)c1-c1cnc2c3ccc(C(C)(C)O)c(Cl)c3n([C@H](c3ccccc3)C3CCOCC3)c2c1. The highest BCUT2D eigenvalue weighted by atomic mass is 35.5. The number of halogens is 1. The predicted octanol–water partition coefficient (Wildman–Crippen LogP) is 6.19. The van der Waals surface area contributed by atoms with Crippen LogP contribution in [0.4, 0.5) is 0 Å². The highest BCUT2D eigenvalue weighted by Crippen LogP contribution is 2.45. The van der Waals surface area contributed by atoms with Gasteiger partial charge in [0, 0.05) is 43.0 Å². The van der Waals surface area contributed by atoms with Crippen molar-refractivity contribution in [3.8, 4) is 11.3 Å². The van der Waals surface area contributed by atoms with Crippen LogP contribution in [0, 0.1) is 12.8 Å². The fourth-order valence-corrected chi connectivity index (χ4v) is 6.50. The summed E-state index contributed by atoms with van der Waals surface area (Å²) in [5, 5.41) is 21.0. The van der Waals surface area contributed by atoms with Crippen LogP contribution in [0.15, 0.2) is 54.7 Å². The second kappa shape index (κ2) is 9.49. The van der Waals surface area contributed by atoms with Crippen LogP contribution in [0.5, 0.6) is 0 Å². The van der Waals surface area contributed by atoms with E-state index in [1.165, 1.54) is 5.56 Å². The summed E-state index contributed by atoms with van der Waals surface area (Å²) in [5.74, 6) is 0.343. The summed E-state index contributed by atoms with van der Waals surface area (Å²) in [5.41, 5.74) is 6.32. The predicted molar refractivity (Wildman–Crippen MR) is 150 cm³/mol. The van der Waals surface area contributed by atoms with E-state index in [9.17, 15) is 5.11 Å². The molecule has 0 amide bonds. The fraction of sp³-hybridized carbons (Fsp3) is 0.367. The molecule has 0 aliphatic carbocycles. The smallest absolute Gasteiger partial charge is 0.0960 e. The lowest BCUT2D eigenvalue weighted by molar-refractivity contribution is 0.0552. The number of ether oxygens (including phenoxy) is 1. The number of aryl methyl sites for hydroxylation is 2. The minimum absolute atomic E-state index is 0.0115. The van der Waals surface area contributed by atoms with Crippen LogP contribution in [0.1, 0.15) is 49.6 Å². The van der Waals surface area contributed by atoms with Gasteiger partial charge in [-0.1, -0.05) is 59.3 Å². The molecular weight excluding hydrogens is 498 g/mol. The zero-order valence-electron chi connectivity index (χ0n) is 22.1. The summed E-state index contributed by atoms with van der Waals surface area (Å²) >= 11 is 7.21. The lowest BCUT2D eigenvalue weighted by Crippen LogP contribution is -2.27. The van der Waals surface area contributed by atoms with Crippen molar-refractivity contribution in [2.24, 2.45) is 13.0 Å². The van der Waals surface area contributed by atoms with Crippen molar-refractivity contribution < 1.29 is 9.84 Å². The average Bonchev–Trinajstić information content (AvgIpc) is 3.41. The zero-order valence-corrected chi connectivity index (χ0v) is 22.9. The van der Waals surface area contributed by atoms with Crippen LogP contribution in [-0.2, 0) is 17.4 Å². The van der Waals surface area contributed by atoms with E-state index in [1.54, 1.807) is 18.5 Å². The molecule has 0 bridgehead atoms. The third-order valence-electron chi connectivity index (χ3n) is 7.80. The molecule has 1 saturated heterocycles. The van der Waals surface area contributed by atoms with Gasteiger partial charge in [0.1, 0.15) is 0 Å². The third kappa shape index (κ3) is 4.10. The fourth-order valence-electron chi connectivity index (χ4n) is 6.02. The molecule has 196 valence electrons. The van der Waals surface area contributed by atoms with Crippen LogP contribution >= 0.6 is 11.6 Å². The van der Waals surface area contributed by atoms with E-state index in [0.29, 0.717) is 16.5 Å². The number of aliphatic hydroxyl groups is 1. The zero-order chi connectivity index (χ0) is 26.6. The van der Waals surface area contributed by atoms with Crippen LogP contribution in [-0.4, -0.2) is 42.9 Å². The highest BCUT2D eigenvalue weighted by molar-refractivity contribution is 6.37. The standard InChI is InChI=1S/C30H32ClN5O2/c1-18-27(35(4)34-33-18)21-16-24-26(32-17-21)22-10-11-23(30(2,3)37)25(31)29(22)36(24)28(19-8-6-5-7-9-19)20-12-14-38-15-13-20/h5-11,16-17,20,28,37H,12-15H2,1-4H3/t28-/m1/s1. The molecule has 0 radical (unpaired) electrons. The molecule has 1 atom stereocenters. The molecule has 1 aliphatic rings. The Morgan fingerprint density at radius 1 is 1.11 bits per heavy atom. The Morgan fingerprint density at radius 3 is 2.50 bits per heavy atom. The van der Waals surface area contributed by atoms with Gasteiger partial charge in [0.05, 0.1) is 44.6 Å². The molecule has 8 heteroatoms. The van der Waals surface area contributed by atoms with E-state index >= 15 is 0 Å². The van der Waals surface area contributed by atoms with Gasteiger partial charge < -0.3 is 14.4 Å². The Hall–Kier alpha value is -3.26. The molecule has 38 heavy (non-hydrogen) atoms. The topological polar surface area (TPSA) is 78.0 Å². The molecule has 4 heterocycles. The monoisotopic (exact) mass is 529 g/mol. The van der Waals surface area contributed by atoms with Gasteiger partial charge >= 0.3 is 0 Å². The number of aromatic nitrogens is 5. The molecule has 0 spiro atoms. The first kappa shape index (κ1) is 25.0. The summed E-state index contributed by atoms with van der Waals surface area (Å²) in [4.78, 5) is 4.99. The molecule has 6 rings (SSSR count). The van der Waals surface area contributed by atoms with Crippen molar-refractivity contribution >= 4 is 33.5 Å². The summed E-state index contributed by atoms with van der Waals surface area (Å²) in [6, 6.07) is 16.8. The largest absolute Gasteiger partial charge is 0.386 e. The van der Waals surface area contributed by atoms with Crippen LogP contribution in [0.2, 0.25) is 5.02 Å². The Bertz CT molecular complexity index is 1610. The van der Waals surface area contributed by atoms with Crippen LogP contribution in [0.25, 0.3) is 33.2 Å². The van der Waals surface area contributed by atoms with Gasteiger partial charge in [0.2, 0.25) is 0 Å². The Kier molecular flexibility index (Phi) is 6.25. The van der Waals surface area contributed by atoms with E-state index in [1.807, 2.05) is 38.4 Å². The molecule has 5 aromatic rings. The van der Waals surface area contributed by atoms with Gasteiger partial charge in [-0.3, -0.25) is 4.98 Å². The number of fused-ring (bicyclic) bond motifs is 3. The molecule has 7 nitrogen and oxygen atoms in total. The van der Waals surface area contributed by atoms with Crippen molar-refractivity contribution in [2.45, 2.75) is 45.3 Å². The van der Waals surface area contributed by atoms with E-state index < -0.39 is 5.60 Å². The number of hydrogen-bond acceptors (Lipinski definition) is 5. The summed E-state index contributed by atoms with van der Waals surface area (Å²) < 4.78 is 9.92. The van der Waals surface area contributed by atoms with E-state index in [-0.39, 0.29) is 6.04 Å². The average molecular weight is 530 g/mol. The van der Waals surface area contributed by atoms with Crippen molar-refractivity contribution in [3.05, 3.63) is 76.6 Å². The molecule has 2 aromatic carbocycles. The number of nitrogens with zero attached hydrogens (tertiary/aromatic N) is 5. The molecule has 3 aromatic heterocycles. The first-order valence-corrected chi connectivity index (χ1v) is 13.5. The first-order chi connectivity index (χ1) is 18.3. The van der Waals surface area contributed by atoms with E-state index in [4.69, 9.17) is 21.3 Å². The quantitative estimate of drug-likeness (QED) is 0.294. The van der Waals surface area contributed by atoms with E-state index in [2.05, 4.69) is 45.2 Å². The molecule has 0 unspecified atom stereocenters. The maximum absolute atomic E-state index is 11.0. The van der Waals surface area contributed by atoms with Crippen molar-refractivity contribution in [3.63, 3.8) is 0 Å². The number of pyridine rings is 1. The van der Waals surface area contributed by atoms with Crippen LogP contribution in [0.3, 0.4) is 0 Å². The molecular formula is C30H32ClN5O2. The molecule has 0 saturated carbocycles. The lowest BCUT2D eigenvalue weighted by Gasteiger charge is -2.33. The summed E-state index contributed by atoms with van der Waals surface area (Å²) in [6.45, 7) is 6.97. The van der Waals surface area contributed by atoms with Crippen LogP contribution < -0.4 is 0 Å². The van der Waals surface area contributed by atoms with Crippen molar-refractivity contribution in [1.82, 2.24) is 24.5 Å². The van der Waals surface area contributed by atoms with Gasteiger partial charge in [-0.15, -0.1) is 5.10 Å². The maximum atomic E-state index is 11.0. The van der Waals surface area contributed by atoms with Gasteiger partial charge in [0.25, 0.3) is 0 Å². The second-order valence-corrected chi connectivity index (χ2v) is 11.2. The van der Waals surface area contributed by atoms with Gasteiger partial charge in [-0.2, -0.15) is 0 Å². The minimum atomic E-state index is -1.09. The normalized spacial score (nSPS) is 15.9. The van der Waals surface area contributed by atoms with Gasteiger partial charge in [-0.05, 0) is 51.2 Å². The highest BCUT2D eigenvalue weighted by Gasteiger charge is 2.32. The number of benzene rings is 2. The number of rotatable bonds is 5. The van der Waals surface area contributed by atoms with Gasteiger partial charge in [-0.25, -0.2) is 4.68 Å². The Balaban J connectivity index is 1.73. The lowest BCUT2D eigenvalue weighted by atomic mass is 9.86. The third-order valence-corrected chi connectivity index (χ3v) is 8.18. The van der Waals surface area contributed by atoms with Crippen molar-refractivity contribution in [2.75, 3.05) is 13.2 Å². The second-order valence-electron chi connectivity index (χ2n) is 10.8.